The Hall–Kier alpha value is -3.17. The molecule has 0 bridgehead atoms. The van der Waals surface area contributed by atoms with Gasteiger partial charge in [-0.05, 0) is 29.5 Å². The van der Waals surface area contributed by atoms with Gasteiger partial charge in [0.05, 0.1) is 11.8 Å². The standard InChI is InChI=1S/C13H9F3N6O/c14-13(15,16)9-3-1-2-8(6-9)11-5-4-10(23-11)7-17-18-12-19-21-22-20-12/h1-7H,(H2,18,19,20,21,22)/b17-7-. The number of rotatable bonds is 4. The summed E-state index contributed by atoms with van der Waals surface area (Å²) in [6.45, 7) is 0. The second-order valence-corrected chi connectivity index (χ2v) is 4.39. The molecule has 23 heavy (non-hydrogen) atoms. The summed E-state index contributed by atoms with van der Waals surface area (Å²) in [4.78, 5) is 0. The van der Waals surface area contributed by atoms with Gasteiger partial charge in [-0.1, -0.05) is 17.2 Å². The maximum atomic E-state index is 12.7. The van der Waals surface area contributed by atoms with Crippen LogP contribution in [0.3, 0.4) is 0 Å². The molecule has 0 aliphatic heterocycles. The van der Waals surface area contributed by atoms with E-state index in [1.807, 2.05) is 0 Å². The molecule has 7 nitrogen and oxygen atoms in total. The van der Waals surface area contributed by atoms with Crippen molar-refractivity contribution in [1.29, 1.82) is 0 Å². The van der Waals surface area contributed by atoms with E-state index in [0.717, 1.165) is 12.1 Å². The molecule has 0 saturated heterocycles. The Morgan fingerprint density at radius 3 is 2.83 bits per heavy atom. The zero-order valence-corrected chi connectivity index (χ0v) is 11.4. The van der Waals surface area contributed by atoms with Crippen LogP contribution in [-0.4, -0.2) is 26.8 Å². The van der Waals surface area contributed by atoms with Crippen molar-refractivity contribution >= 4 is 12.2 Å². The highest BCUT2D eigenvalue weighted by atomic mass is 19.4. The zero-order chi connectivity index (χ0) is 16.3. The smallest absolute Gasteiger partial charge is 0.416 e. The molecule has 0 radical (unpaired) electrons. The third-order valence-electron chi connectivity index (χ3n) is 2.80. The number of tetrazole rings is 1. The lowest BCUT2D eigenvalue weighted by Gasteiger charge is -2.07. The Bertz CT molecular complexity index is 809. The maximum absolute atomic E-state index is 12.7. The van der Waals surface area contributed by atoms with Gasteiger partial charge in [-0.2, -0.15) is 23.5 Å². The van der Waals surface area contributed by atoms with E-state index in [4.69, 9.17) is 4.42 Å². The number of aromatic amines is 1. The third kappa shape index (κ3) is 3.54. The van der Waals surface area contributed by atoms with Gasteiger partial charge in [-0.15, -0.1) is 5.10 Å². The molecule has 1 aromatic carbocycles. The number of nitrogens with zero attached hydrogens (tertiary/aromatic N) is 4. The van der Waals surface area contributed by atoms with Crippen LogP contribution in [0.1, 0.15) is 11.3 Å². The first kappa shape index (κ1) is 14.8. The van der Waals surface area contributed by atoms with Crippen molar-refractivity contribution in [3.05, 3.63) is 47.7 Å². The Morgan fingerprint density at radius 1 is 1.22 bits per heavy atom. The maximum Gasteiger partial charge on any atom is 0.416 e. The Balaban J connectivity index is 1.75. The predicted octanol–water partition coefficient (Wildman–Crippen LogP) is 2.92. The fourth-order valence-electron chi connectivity index (χ4n) is 1.79. The first-order valence-corrected chi connectivity index (χ1v) is 6.32. The van der Waals surface area contributed by atoms with Crippen molar-refractivity contribution in [2.24, 2.45) is 5.10 Å². The van der Waals surface area contributed by atoms with Crippen LogP contribution in [0.15, 0.2) is 45.9 Å². The van der Waals surface area contributed by atoms with Gasteiger partial charge in [0.1, 0.15) is 11.5 Å². The molecule has 0 fully saturated rings. The van der Waals surface area contributed by atoms with E-state index in [1.54, 1.807) is 12.1 Å². The number of H-pyrrole nitrogens is 1. The topological polar surface area (TPSA) is 92.0 Å². The van der Waals surface area contributed by atoms with Crippen LogP contribution in [0.25, 0.3) is 11.3 Å². The van der Waals surface area contributed by atoms with E-state index < -0.39 is 11.7 Å². The highest BCUT2D eigenvalue weighted by Crippen LogP contribution is 2.32. The van der Waals surface area contributed by atoms with Crippen molar-refractivity contribution < 1.29 is 17.6 Å². The van der Waals surface area contributed by atoms with Gasteiger partial charge in [0, 0.05) is 5.56 Å². The molecule has 2 heterocycles. The summed E-state index contributed by atoms with van der Waals surface area (Å²) in [5.41, 5.74) is 2.08. The summed E-state index contributed by atoms with van der Waals surface area (Å²) in [6.07, 6.45) is -3.06. The summed E-state index contributed by atoms with van der Waals surface area (Å²) in [5, 5.41) is 16.6. The van der Waals surface area contributed by atoms with Gasteiger partial charge >= 0.3 is 6.18 Å². The summed E-state index contributed by atoms with van der Waals surface area (Å²) in [6, 6.07) is 8.03. The molecule has 3 rings (SSSR count). The van der Waals surface area contributed by atoms with E-state index in [0.29, 0.717) is 17.1 Å². The minimum absolute atomic E-state index is 0.172. The van der Waals surface area contributed by atoms with E-state index in [9.17, 15) is 13.2 Å². The second-order valence-electron chi connectivity index (χ2n) is 4.39. The van der Waals surface area contributed by atoms with Gasteiger partial charge in [0.2, 0.25) is 0 Å². The molecule has 0 amide bonds. The largest absolute Gasteiger partial charge is 0.455 e. The van der Waals surface area contributed by atoms with Crippen molar-refractivity contribution in [2.75, 3.05) is 5.43 Å². The number of hydrazone groups is 1. The van der Waals surface area contributed by atoms with Crippen LogP contribution in [-0.2, 0) is 6.18 Å². The molecular weight excluding hydrogens is 313 g/mol. The van der Waals surface area contributed by atoms with Gasteiger partial charge in [-0.25, -0.2) is 5.43 Å². The Kier molecular flexibility index (Phi) is 3.79. The number of aromatic nitrogens is 4. The van der Waals surface area contributed by atoms with Crippen molar-refractivity contribution in [3.63, 3.8) is 0 Å². The molecule has 118 valence electrons. The fraction of sp³-hybridized carbons (Fsp3) is 0.0769. The third-order valence-corrected chi connectivity index (χ3v) is 2.80. The molecule has 10 heteroatoms. The van der Waals surface area contributed by atoms with Crippen molar-refractivity contribution in [2.45, 2.75) is 6.18 Å². The van der Waals surface area contributed by atoms with Gasteiger partial charge < -0.3 is 4.42 Å². The Morgan fingerprint density at radius 2 is 2.09 bits per heavy atom. The molecule has 0 atom stereocenters. The quantitative estimate of drug-likeness (QED) is 0.569. The number of alkyl halides is 3. The molecule has 2 N–H and O–H groups in total. The SMILES string of the molecule is FC(F)(F)c1cccc(-c2ccc(/C=N\Nc3nn[nH]n3)o2)c1. The highest BCUT2D eigenvalue weighted by Gasteiger charge is 2.30. The van der Waals surface area contributed by atoms with Gasteiger partial charge in [0.25, 0.3) is 5.95 Å². The van der Waals surface area contributed by atoms with Crippen LogP contribution in [0, 0.1) is 0 Å². The number of furan rings is 1. The molecule has 0 aliphatic rings. The number of halogens is 3. The minimum atomic E-state index is -4.40. The molecule has 3 aromatic rings. The molecule has 0 unspecified atom stereocenters. The molecular formula is C13H9F3N6O. The van der Waals surface area contributed by atoms with Crippen LogP contribution < -0.4 is 5.43 Å². The van der Waals surface area contributed by atoms with Crippen LogP contribution in [0.4, 0.5) is 19.1 Å². The Labute approximate surface area is 127 Å². The lowest BCUT2D eigenvalue weighted by Crippen LogP contribution is -2.04. The van der Waals surface area contributed by atoms with Crippen LogP contribution in [0.2, 0.25) is 0 Å². The van der Waals surface area contributed by atoms with Crippen molar-refractivity contribution in [3.8, 4) is 11.3 Å². The first-order chi connectivity index (χ1) is 11.0. The number of benzene rings is 1. The predicted molar refractivity (Wildman–Crippen MR) is 74.5 cm³/mol. The molecule has 2 aromatic heterocycles. The monoisotopic (exact) mass is 322 g/mol. The lowest BCUT2D eigenvalue weighted by atomic mass is 10.1. The van der Waals surface area contributed by atoms with Crippen molar-refractivity contribution in [1.82, 2.24) is 20.6 Å². The van der Waals surface area contributed by atoms with E-state index >= 15 is 0 Å². The lowest BCUT2D eigenvalue weighted by molar-refractivity contribution is -0.137. The normalized spacial score (nSPS) is 12.0. The number of anilines is 1. The van der Waals surface area contributed by atoms with Gasteiger partial charge in [-0.3, -0.25) is 0 Å². The summed E-state index contributed by atoms with van der Waals surface area (Å²) in [7, 11) is 0. The summed E-state index contributed by atoms with van der Waals surface area (Å²) >= 11 is 0. The van der Waals surface area contributed by atoms with Crippen LogP contribution >= 0.6 is 0 Å². The number of nitrogens with one attached hydrogen (secondary N) is 2. The average Bonchev–Trinajstić information content (AvgIpc) is 3.18. The molecule has 0 saturated carbocycles. The van der Waals surface area contributed by atoms with Crippen LogP contribution in [0.5, 0.6) is 0 Å². The minimum Gasteiger partial charge on any atom is -0.455 e. The molecule has 0 spiro atoms. The van der Waals surface area contributed by atoms with E-state index in [2.05, 4.69) is 31.2 Å². The highest BCUT2D eigenvalue weighted by molar-refractivity contribution is 5.78. The zero-order valence-electron chi connectivity index (χ0n) is 11.4. The number of hydrogen-bond acceptors (Lipinski definition) is 6. The second kappa shape index (κ2) is 5.91. The molecule has 0 aliphatic carbocycles. The number of hydrogen-bond donors (Lipinski definition) is 2. The first-order valence-electron chi connectivity index (χ1n) is 6.32. The fourth-order valence-corrected chi connectivity index (χ4v) is 1.79. The summed E-state index contributed by atoms with van der Waals surface area (Å²) < 4.78 is 43.6. The average molecular weight is 322 g/mol. The van der Waals surface area contributed by atoms with Gasteiger partial charge in [0.15, 0.2) is 0 Å². The van der Waals surface area contributed by atoms with E-state index in [1.165, 1.54) is 18.3 Å². The van der Waals surface area contributed by atoms with E-state index in [-0.39, 0.29) is 5.95 Å². The summed E-state index contributed by atoms with van der Waals surface area (Å²) in [5.74, 6) is 0.830.